The smallest absolute Gasteiger partial charge is 0.191 e. The second kappa shape index (κ2) is 3.74. The number of alkyl halides is 1. The molecule has 0 aliphatic rings. The molecular formula is C10H10F2O2. The summed E-state index contributed by atoms with van der Waals surface area (Å²) in [5.74, 6) is -0.449. The highest BCUT2D eigenvalue weighted by Crippen LogP contribution is 2.31. The summed E-state index contributed by atoms with van der Waals surface area (Å²) in [6, 6.07) is 3.38. The van der Waals surface area contributed by atoms with Crippen molar-refractivity contribution >= 4 is 6.29 Å². The average molecular weight is 200 g/mol. The summed E-state index contributed by atoms with van der Waals surface area (Å²) in [4.78, 5) is 10.5. The Morgan fingerprint density at radius 3 is 2.64 bits per heavy atom. The third kappa shape index (κ3) is 1.89. The molecule has 1 atom stereocenters. The minimum atomic E-state index is -2.23. The Bertz CT molecular complexity index is 348. The summed E-state index contributed by atoms with van der Waals surface area (Å²) in [6.07, 6.45) is 0.115. The third-order valence-electron chi connectivity index (χ3n) is 1.91. The minimum absolute atomic E-state index is 0.102. The molecule has 0 heterocycles. The fourth-order valence-corrected chi connectivity index (χ4v) is 1.13. The first-order valence-corrected chi connectivity index (χ1v) is 4.00. The second-order valence-electron chi connectivity index (χ2n) is 3.04. The normalized spacial score (nSPS) is 14.6. The summed E-state index contributed by atoms with van der Waals surface area (Å²) in [6.45, 7) is 1.05. The van der Waals surface area contributed by atoms with Gasteiger partial charge in [-0.15, -0.1) is 0 Å². The van der Waals surface area contributed by atoms with E-state index >= 15 is 0 Å². The van der Waals surface area contributed by atoms with Crippen LogP contribution in [0.25, 0.3) is 0 Å². The van der Waals surface area contributed by atoms with Gasteiger partial charge in [-0.25, -0.2) is 8.78 Å². The van der Waals surface area contributed by atoms with Crippen LogP contribution in [0.5, 0.6) is 5.75 Å². The van der Waals surface area contributed by atoms with E-state index in [1.165, 1.54) is 13.2 Å². The van der Waals surface area contributed by atoms with E-state index in [2.05, 4.69) is 0 Å². The Hall–Kier alpha value is -1.45. The monoisotopic (exact) mass is 200 g/mol. The number of carbonyl (C=O) groups excluding carboxylic acids is 1. The van der Waals surface area contributed by atoms with Gasteiger partial charge in [-0.1, -0.05) is 0 Å². The van der Waals surface area contributed by atoms with E-state index in [0.717, 1.165) is 19.1 Å². The van der Waals surface area contributed by atoms with Crippen LogP contribution in [0.4, 0.5) is 8.78 Å². The van der Waals surface area contributed by atoms with E-state index in [-0.39, 0.29) is 17.6 Å². The summed E-state index contributed by atoms with van der Waals surface area (Å²) >= 11 is 0. The molecule has 1 unspecified atom stereocenters. The van der Waals surface area contributed by atoms with Crippen LogP contribution in [0.3, 0.4) is 0 Å². The molecule has 0 amide bonds. The van der Waals surface area contributed by atoms with Crippen LogP contribution >= 0.6 is 0 Å². The van der Waals surface area contributed by atoms with Crippen molar-refractivity contribution in [2.24, 2.45) is 0 Å². The molecule has 0 fully saturated rings. The van der Waals surface area contributed by atoms with E-state index in [4.69, 9.17) is 4.74 Å². The Morgan fingerprint density at radius 2 is 2.14 bits per heavy atom. The number of hydrogen-bond donors (Lipinski definition) is 0. The van der Waals surface area contributed by atoms with Gasteiger partial charge in [-0.2, -0.15) is 0 Å². The number of methoxy groups -OCH3 is 1. The average Bonchev–Trinajstić information content (AvgIpc) is 2.18. The van der Waals surface area contributed by atoms with Gasteiger partial charge in [0.15, 0.2) is 12.0 Å². The summed E-state index contributed by atoms with van der Waals surface area (Å²) < 4.78 is 31.2. The van der Waals surface area contributed by atoms with Crippen molar-refractivity contribution in [3.8, 4) is 5.75 Å². The molecule has 1 aromatic rings. The van der Waals surface area contributed by atoms with E-state index in [1.54, 1.807) is 0 Å². The number of aldehydes is 1. The van der Waals surface area contributed by atoms with Crippen LogP contribution < -0.4 is 4.74 Å². The SMILES string of the molecule is COc1ccc(F)cc1C(C)(F)C=O. The van der Waals surface area contributed by atoms with E-state index in [1.807, 2.05) is 0 Å². The van der Waals surface area contributed by atoms with Crippen LogP contribution in [-0.2, 0) is 10.5 Å². The van der Waals surface area contributed by atoms with Crippen LogP contribution in [0.15, 0.2) is 18.2 Å². The second-order valence-corrected chi connectivity index (χ2v) is 3.04. The van der Waals surface area contributed by atoms with Crippen molar-refractivity contribution < 1.29 is 18.3 Å². The van der Waals surface area contributed by atoms with Gasteiger partial charge in [0.25, 0.3) is 0 Å². The van der Waals surface area contributed by atoms with E-state index < -0.39 is 11.5 Å². The van der Waals surface area contributed by atoms with Gasteiger partial charge in [0.2, 0.25) is 0 Å². The maximum absolute atomic E-state index is 13.6. The molecule has 0 aliphatic carbocycles. The molecule has 4 heteroatoms. The maximum Gasteiger partial charge on any atom is 0.191 e. The zero-order chi connectivity index (χ0) is 10.8. The van der Waals surface area contributed by atoms with Crippen molar-refractivity contribution in [3.05, 3.63) is 29.6 Å². The van der Waals surface area contributed by atoms with E-state index in [0.29, 0.717) is 0 Å². The molecule has 0 aliphatic heterocycles. The van der Waals surface area contributed by atoms with Crippen molar-refractivity contribution in [3.63, 3.8) is 0 Å². The lowest BCUT2D eigenvalue weighted by Crippen LogP contribution is -2.18. The van der Waals surface area contributed by atoms with Gasteiger partial charge < -0.3 is 4.74 Å². The largest absolute Gasteiger partial charge is 0.496 e. The lowest BCUT2D eigenvalue weighted by molar-refractivity contribution is -0.117. The highest BCUT2D eigenvalue weighted by atomic mass is 19.1. The molecule has 0 N–H and O–H groups in total. The molecule has 1 aromatic carbocycles. The summed E-state index contributed by atoms with van der Waals surface area (Å²) in [7, 11) is 1.33. The summed E-state index contributed by atoms with van der Waals surface area (Å²) in [5, 5.41) is 0. The number of halogens is 2. The molecule has 0 aromatic heterocycles. The molecule has 0 spiro atoms. The molecule has 0 saturated carbocycles. The quantitative estimate of drug-likeness (QED) is 0.699. The maximum atomic E-state index is 13.6. The van der Waals surface area contributed by atoms with Crippen molar-refractivity contribution in [2.75, 3.05) is 7.11 Å². The first kappa shape index (κ1) is 10.6. The molecule has 0 radical (unpaired) electrons. The van der Waals surface area contributed by atoms with Crippen molar-refractivity contribution in [1.29, 1.82) is 0 Å². The van der Waals surface area contributed by atoms with Crippen LogP contribution in [0, 0.1) is 5.82 Å². The third-order valence-corrected chi connectivity index (χ3v) is 1.91. The van der Waals surface area contributed by atoms with Gasteiger partial charge in [0.05, 0.1) is 7.11 Å². The Kier molecular flexibility index (Phi) is 2.84. The standard InChI is InChI=1S/C10H10F2O2/c1-10(12,6-13)8-5-7(11)3-4-9(8)14-2/h3-6H,1-2H3. The lowest BCUT2D eigenvalue weighted by Gasteiger charge is -2.16. The number of hydrogen-bond acceptors (Lipinski definition) is 2. The predicted molar refractivity (Wildman–Crippen MR) is 47.5 cm³/mol. The molecule has 76 valence electrons. The van der Waals surface area contributed by atoms with Crippen molar-refractivity contribution in [1.82, 2.24) is 0 Å². The molecule has 2 nitrogen and oxygen atoms in total. The molecule has 1 rings (SSSR count). The Morgan fingerprint density at radius 1 is 1.50 bits per heavy atom. The first-order chi connectivity index (χ1) is 6.51. The molecule has 0 bridgehead atoms. The molecular weight excluding hydrogens is 190 g/mol. The fourth-order valence-electron chi connectivity index (χ4n) is 1.13. The van der Waals surface area contributed by atoms with Gasteiger partial charge in [-0.05, 0) is 25.1 Å². The van der Waals surface area contributed by atoms with Gasteiger partial charge in [-0.3, -0.25) is 4.79 Å². The van der Waals surface area contributed by atoms with Gasteiger partial charge in [0.1, 0.15) is 11.6 Å². The van der Waals surface area contributed by atoms with Gasteiger partial charge in [0, 0.05) is 5.56 Å². The molecule has 14 heavy (non-hydrogen) atoms. The topological polar surface area (TPSA) is 26.3 Å². The van der Waals surface area contributed by atoms with Crippen LogP contribution in [0.1, 0.15) is 12.5 Å². The highest BCUT2D eigenvalue weighted by Gasteiger charge is 2.29. The van der Waals surface area contributed by atoms with Crippen molar-refractivity contribution in [2.45, 2.75) is 12.6 Å². The summed E-state index contributed by atoms with van der Waals surface area (Å²) in [5.41, 5.74) is -2.33. The first-order valence-electron chi connectivity index (χ1n) is 4.00. The number of rotatable bonds is 3. The van der Waals surface area contributed by atoms with Gasteiger partial charge >= 0.3 is 0 Å². The Labute approximate surface area is 80.5 Å². The zero-order valence-electron chi connectivity index (χ0n) is 7.88. The number of carbonyl (C=O) groups is 1. The fraction of sp³-hybridized carbons (Fsp3) is 0.300. The van der Waals surface area contributed by atoms with Crippen LogP contribution in [-0.4, -0.2) is 13.4 Å². The van der Waals surface area contributed by atoms with Crippen LogP contribution in [0.2, 0.25) is 0 Å². The zero-order valence-corrected chi connectivity index (χ0v) is 7.88. The number of benzene rings is 1. The lowest BCUT2D eigenvalue weighted by atomic mass is 9.98. The molecule has 0 saturated heterocycles. The number of ether oxygens (including phenoxy) is 1. The minimum Gasteiger partial charge on any atom is -0.496 e. The Balaban J connectivity index is 3.30. The predicted octanol–water partition coefficient (Wildman–Crippen LogP) is 2.22. The highest BCUT2D eigenvalue weighted by molar-refractivity contribution is 5.67. The van der Waals surface area contributed by atoms with E-state index in [9.17, 15) is 13.6 Å².